The molecular weight excluding hydrogens is 430 g/mol. The molecule has 7 heteroatoms. The van der Waals surface area contributed by atoms with Crippen LogP contribution < -0.4 is 10.1 Å². The summed E-state index contributed by atoms with van der Waals surface area (Å²) in [6, 6.07) is 21.3. The number of hydrogen-bond donors (Lipinski definition) is 1. The van der Waals surface area contributed by atoms with Gasteiger partial charge in [-0.25, -0.2) is 4.98 Å². The van der Waals surface area contributed by atoms with Crippen molar-refractivity contribution in [3.8, 4) is 17.0 Å². The third kappa shape index (κ3) is 3.77. The fourth-order valence-electron chi connectivity index (χ4n) is 3.91. The number of nitrogens with zero attached hydrogens (tertiary/aromatic N) is 2. The largest absolute Gasteiger partial charge is 0.497 e. The molecule has 4 aromatic rings. The molecule has 7 nitrogen and oxygen atoms in total. The van der Waals surface area contributed by atoms with Crippen LogP contribution in [-0.2, 0) is 0 Å². The van der Waals surface area contributed by atoms with Crippen molar-refractivity contribution < 1.29 is 19.1 Å². The van der Waals surface area contributed by atoms with Gasteiger partial charge < -0.3 is 10.1 Å². The van der Waals surface area contributed by atoms with E-state index >= 15 is 0 Å². The Morgan fingerprint density at radius 2 is 1.62 bits per heavy atom. The van der Waals surface area contributed by atoms with Crippen molar-refractivity contribution in [2.45, 2.75) is 7.43 Å². The van der Waals surface area contributed by atoms with E-state index in [2.05, 4.69) is 5.32 Å². The van der Waals surface area contributed by atoms with E-state index in [0.717, 1.165) is 16.2 Å². The molecule has 0 fully saturated rings. The standard InChI is InChI=1S/C26H19N3O4.CH4/c1-29-25(31)19-12-9-16(13-21(19)26(29)32)27-24(30)20-14-23(15-7-10-17(33-2)11-8-15)28-22-6-4-3-5-18(20)22;/h3-14H,1-2H3,(H,27,30);1H4. The summed E-state index contributed by atoms with van der Waals surface area (Å²) in [7, 11) is 3.04. The summed E-state index contributed by atoms with van der Waals surface area (Å²) in [4.78, 5) is 43.5. The van der Waals surface area contributed by atoms with Gasteiger partial charge in [-0.15, -0.1) is 0 Å². The number of carbonyl (C=O) groups excluding carboxylic acids is 3. The number of ether oxygens (including phenoxy) is 1. The third-order valence-electron chi connectivity index (χ3n) is 5.69. The van der Waals surface area contributed by atoms with Crippen LogP contribution in [0, 0.1) is 0 Å². The lowest BCUT2D eigenvalue weighted by Crippen LogP contribution is -2.24. The van der Waals surface area contributed by atoms with Gasteiger partial charge in [0.2, 0.25) is 0 Å². The normalized spacial score (nSPS) is 12.4. The Morgan fingerprint density at radius 3 is 2.35 bits per heavy atom. The Kier molecular flexibility index (Phi) is 5.86. The van der Waals surface area contributed by atoms with E-state index in [-0.39, 0.29) is 30.7 Å². The minimum Gasteiger partial charge on any atom is -0.497 e. The van der Waals surface area contributed by atoms with Gasteiger partial charge in [-0.2, -0.15) is 0 Å². The van der Waals surface area contributed by atoms with Crippen LogP contribution in [0.5, 0.6) is 5.75 Å². The van der Waals surface area contributed by atoms with Gasteiger partial charge in [0.05, 0.1) is 35.0 Å². The number of rotatable bonds is 4. The van der Waals surface area contributed by atoms with E-state index in [1.165, 1.54) is 13.1 Å². The Morgan fingerprint density at radius 1 is 0.912 bits per heavy atom. The van der Waals surface area contributed by atoms with Crippen molar-refractivity contribution in [3.63, 3.8) is 0 Å². The van der Waals surface area contributed by atoms with Gasteiger partial charge in [0.25, 0.3) is 17.7 Å². The first-order valence-electron chi connectivity index (χ1n) is 10.3. The van der Waals surface area contributed by atoms with E-state index in [1.807, 2.05) is 48.5 Å². The summed E-state index contributed by atoms with van der Waals surface area (Å²) in [5.74, 6) is -0.347. The molecular formula is C27H23N3O4. The van der Waals surface area contributed by atoms with Gasteiger partial charge in [-0.05, 0) is 54.6 Å². The van der Waals surface area contributed by atoms with E-state index < -0.39 is 0 Å². The molecule has 170 valence electrons. The summed E-state index contributed by atoms with van der Waals surface area (Å²) in [5.41, 5.74) is 3.68. The second kappa shape index (κ2) is 8.78. The van der Waals surface area contributed by atoms with Crippen molar-refractivity contribution in [1.82, 2.24) is 9.88 Å². The average molecular weight is 453 g/mol. The minimum atomic E-state index is -0.387. The molecule has 0 aliphatic carbocycles. The molecule has 3 aromatic carbocycles. The number of anilines is 1. The first-order valence-corrected chi connectivity index (χ1v) is 10.3. The van der Waals surface area contributed by atoms with Crippen molar-refractivity contribution in [2.24, 2.45) is 0 Å². The molecule has 0 saturated carbocycles. The van der Waals surface area contributed by atoms with Crippen LogP contribution >= 0.6 is 0 Å². The van der Waals surface area contributed by atoms with Crippen LogP contribution in [0.2, 0.25) is 0 Å². The van der Waals surface area contributed by atoms with E-state index in [4.69, 9.17) is 9.72 Å². The summed E-state index contributed by atoms with van der Waals surface area (Å²) in [6.07, 6.45) is 0. The summed E-state index contributed by atoms with van der Waals surface area (Å²) in [5, 5.41) is 3.57. The van der Waals surface area contributed by atoms with Crippen LogP contribution in [-0.4, -0.2) is 41.8 Å². The van der Waals surface area contributed by atoms with Crippen molar-refractivity contribution in [2.75, 3.05) is 19.5 Å². The number of methoxy groups -OCH3 is 1. The fourth-order valence-corrected chi connectivity index (χ4v) is 3.91. The zero-order valence-electron chi connectivity index (χ0n) is 18.0. The van der Waals surface area contributed by atoms with E-state index in [0.29, 0.717) is 33.4 Å². The minimum absolute atomic E-state index is 0. The second-order valence-corrected chi connectivity index (χ2v) is 7.68. The molecule has 1 N–H and O–H groups in total. The smallest absolute Gasteiger partial charge is 0.261 e. The number of aromatic nitrogens is 1. The zero-order chi connectivity index (χ0) is 23.1. The Bertz CT molecular complexity index is 1440. The number of nitrogens with one attached hydrogen (secondary N) is 1. The molecule has 1 aliphatic rings. The van der Waals surface area contributed by atoms with Crippen molar-refractivity contribution in [3.05, 3.63) is 89.5 Å². The molecule has 0 saturated heterocycles. The number of hydrogen-bond acceptors (Lipinski definition) is 5. The van der Waals surface area contributed by atoms with Crippen LogP contribution in [0.4, 0.5) is 5.69 Å². The van der Waals surface area contributed by atoms with Crippen LogP contribution in [0.3, 0.4) is 0 Å². The maximum atomic E-state index is 13.3. The first-order chi connectivity index (χ1) is 16.0. The highest BCUT2D eigenvalue weighted by molar-refractivity contribution is 6.22. The van der Waals surface area contributed by atoms with E-state index in [9.17, 15) is 14.4 Å². The summed E-state index contributed by atoms with van der Waals surface area (Å²) in [6.45, 7) is 0. The Labute approximate surface area is 197 Å². The average Bonchev–Trinajstić information content (AvgIpc) is 3.06. The number of pyridine rings is 1. The van der Waals surface area contributed by atoms with Crippen LogP contribution in [0.25, 0.3) is 22.2 Å². The fraction of sp³-hybridized carbons (Fsp3) is 0.111. The maximum Gasteiger partial charge on any atom is 0.261 e. The number of carbonyl (C=O) groups is 3. The molecule has 3 amide bonds. The lowest BCUT2D eigenvalue weighted by molar-refractivity contribution is 0.0692. The topological polar surface area (TPSA) is 88.6 Å². The van der Waals surface area contributed by atoms with Gasteiger partial charge in [0.1, 0.15) is 5.75 Å². The maximum absolute atomic E-state index is 13.3. The number of benzene rings is 3. The number of imide groups is 1. The van der Waals surface area contributed by atoms with Gasteiger partial charge in [-0.1, -0.05) is 25.6 Å². The molecule has 0 spiro atoms. The highest BCUT2D eigenvalue weighted by Gasteiger charge is 2.32. The molecule has 1 aromatic heterocycles. The zero-order valence-corrected chi connectivity index (χ0v) is 18.0. The summed E-state index contributed by atoms with van der Waals surface area (Å²) < 4.78 is 5.22. The molecule has 2 heterocycles. The lowest BCUT2D eigenvalue weighted by Gasteiger charge is -2.11. The highest BCUT2D eigenvalue weighted by Crippen LogP contribution is 2.28. The predicted octanol–water partition coefficient (Wildman–Crippen LogP) is 5.02. The highest BCUT2D eigenvalue weighted by atomic mass is 16.5. The number of fused-ring (bicyclic) bond motifs is 2. The molecule has 0 radical (unpaired) electrons. The van der Waals surface area contributed by atoms with Crippen LogP contribution in [0.1, 0.15) is 38.5 Å². The Hall–Kier alpha value is -4.52. The SMILES string of the molecule is C.COc1ccc(-c2cc(C(=O)Nc3ccc4c(c3)C(=O)N(C)C4=O)c3ccccc3n2)cc1. The van der Waals surface area contributed by atoms with Crippen molar-refractivity contribution >= 4 is 34.3 Å². The molecule has 0 atom stereocenters. The summed E-state index contributed by atoms with van der Waals surface area (Å²) >= 11 is 0. The van der Waals surface area contributed by atoms with Gasteiger partial charge >= 0.3 is 0 Å². The van der Waals surface area contributed by atoms with Crippen molar-refractivity contribution in [1.29, 1.82) is 0 Å². The van der Waals surface area contributed by atoms with E-state index in [1.54, 1.807) is 25.3 Å². The lowest BCUT2D eigenvalue weighted by atomic mass is 10.0. The first kappa shape index (κ1) is 22.7. The molecule has 0 bridgehead atoms. The quantitative estimate of drug-likeness (QED) is 0.438. The Balaban J connectivity index is 0.00000274. The predicted molar refractivity (Wildman–Crippen MR) is 131 cm³/mol. The second-order valence-electron chi connectivity index (χ2n) is 7.68. The molecule has 5 rings (SSSR count). The number of amides is 3. The van der Waals surface area contributed by atoms with Gasteiger partial charge in [0, 0.05) is 23.7 Å². The molecule has 34 heavy (non-hydrogen) atoms. The third-order valence-corrected chi connectivity index (χ3v) is 5.69. The van der Waals surface area contributed by atoms with Crippen LogP contribution in [0.15, 0.2) is 72.8 Å². The van der Waals surface area contributed by atoms with Gasteiger partial charge in [0.15, 0.2) is 0 Å². The number of para-hydroxylation sites is 1. The monoisotopic (exact) mass is 453 g/mol. The molecule has 1 aliphatic heterocycles. The molecule has 0 unspecified atom stereocenters. The van der Waals surface area contributed by atoms with Gasteiger partial charge in [-0.3, -0.25) is 19.3 Å².